The van der Waals surface area contributed by atoms with Gasteiger partial charge in [0.25, 0.3) is 5.91 Å². The molecule has 2 heterocycles. The minimum atomic E-state index is -0.685. The van der Waals surface area contributed by atoms with Crippen molar-refractivity contribution in [3.8, 4) is 11.6 Å². The number of carbonyl (C=O) groups is 2. The number of ether oxygens (including phenoxy) is 1. The molecule has 1 aromatic carbocycles. The number of halogens is 1. The largest absolute Gasteiger partial charge is 0.461 e. The molecule has 7 nitrogen and oxygen atoms in total. The summed E-state index contributed by atoms with van der Waals surface area (Å²) in [6, 6.07) is 9.41. The van der Waals surface area contributed by atoms with E-state index in [2.05, 4.69) is 9.97 Å². The van der Waals surface area contributed by atoms with Crippen LogP contribution in [0.15, 0.2) is 52.1 Å². The normalized spacial score (nSPS) is 10.7. The van der Waals surface area contributed by atoms with Crippen LogP contribution >= 0.6 is 11.8 Å². The lowest BCUT2D eigenvalue weighted by molar-refractivity contribution is -0.133. The third-order valence-corrected chi connectivity index (χ3v) is 4.94. The maximum Gasteiger partial charge on any atom is 0.343 e. The van der Waals surface area contributed by atoms with Gasteiger partial charge in [-0.25, -0.2) is 19.2 Å². The fraction of sp³-hybridized carbons (Fsp3) is 0.238. The summed E-state index contributed by atoms with van der Waals surface area (Å²) in [5.41, 5.74) is 1.27. The van der Waals surface area contributed by atoms with E-state index in [4.69, 9.17) is 9.15 Å². The summed E-state index contributed by atoms with van der Waals surface area (Å²) in [5.74, 6) is -0.621. The van der Waals surface area contributed by atoms with Crippen LogP contribution in [-0.2, 0) is 16.1 Å². The zero-order valence-corrected chi connectivity index (χ0v) is 17.5. The number of benzene rings is 1. The van der Waals surface area contributed by atoms with Crippen LogP contribution in [0.25, 0.3) is 11.6 Å². The van der Waals surface area contributed by atoms with Crippen molar-refractivity contribution in [3.63, 3.8) is 0 Å². The molecule has 0 saturated heterocycles. The molecule has 0 radical (unpaired) electrons. The summed E-state index contributed by atoms with van der Waals surface area (Å²) in [6.45, 7) is 1.42. The van der Waals surface area contributed by atoms with E-state index in [1.54, 1.807) is 44.5 Å². The van der Waals surface area contributed by atoms with Gasteiger partial charge in [-0.3, -0.25) is 4.79 Å². The van der Waals surface area contributed by atoms with E-state index in [9.17, 15) is 14.0 Å². The number of aromatic nitrogens is 2. The predicted molar refractivity (Wildman–Crippen MR) is 109 cm³/mol. The Morgan fingerprint density at radius 3 is 2.70 bits per heavy atom. The molecule has 156 valence electrons. The predicted octanol–water partition coefficient (Wildman–Crippen LogP) is 3.72. The maximum atomic E-state index is 13.3. The summed E-state index contributed by atoms with van der Waals surface area (Å²) >= 11 is 1.27. The average Bonchev–Trinajstić information content (AvgIpc) is 3.26. The fourth-order valence-corrected chi connectivity index (χ4v) is 3.37. The van der Waals surface area contributed by atoms with E-state index in [0.717, 1.165) is 0 Å². The molecule has 0 aliphatic heterocycles. The van der Waals surface area contributed by atoms with Crippen LogP contribution in [0, 0.1) is 12.7 Å². The molecule has 3 aromatic rings. The van der Waals surface area contributed by atoms with E-state index in [0.29, 0.717) is 27.9 Å². The lowest BCUT2D eigenvalue weighted by atomic mass is 10.2. The molecule has 0 spiro atoms. The molecular formula is C21H20FN3O4S. The quantitative estimate of drug-likeness (QED) is 0.321. The third-order valence-electron chi connectivity index (χ3n) is 4.26. The standard InChI is InChI=1S/C21H20FN3O4S/c1-13-18(20(30-3)24-19(23-13)16-8-5-9-28-16)21(27)29-12-17(26)25(2)11-14-6-4-7-15(22)10-14/h4-10H,11-12H2,1-3H3. The van der Waals surface area contributed by atoms with E-state index < -0.39 is 18.5 Å². The third kappa shape index (κ3) is 5.04. The smallest absolute Gasteiger partial charge is 0.343 e. The van der Waals surface area contributed by atoms with Gasteiger partial charge in [0.2, 0.25) is 0 Å². The second-order valence-electron chi connectivity index (χ2n) is 6.45. The molecule has 0 aliphatic rings. The minimum Gasteiger partial charge on any atom is -0.461 e. The Bertz CT molecular complexity index is 1060. The van der Waals surface area contributed by atoms with Gasteiger partial charge in [0.05, 0.1) is 12.0 Å². The second-order valence-corrected chi connectivity index (χ2v) is 7.25. The second kappa shape index (κ2) is 9.53. The zero-order valence-electron chi connectivity index (χ0n) is 16.7. The highest BCUT2D eigenvalue weighted by atomic mass is 32.2. The molecule has 0 saturated carbocycles. The molecule has 0 fully saturated rings. The van der Waals surface area contributed by atoms with Crippen LogP contribution in [0.4, 0.5) is 4.39 Å². The Morgan fingerprint density at radius 1 is 1.23 bits per heavy atom. The first-order chi connectivity index (χ1) is 14.4. The van der Waals surface area contributed by atoms with Crippen molar-refractivity contribution in [2.24, 2.45) is 0 Å². The van der Waals surface area contributed by atoms with E-state index >= 15 is 0 Å². The molecular weight excluding hydrogens is 409 g/mol. The van der Waals surface area contributed by atoms with Crippen LogP contribution in [-0.4, -0.2) is 46.7 Å². The number of furan rings is 1. The number of rotatable bonds is 7. The zero-order chi connectivity index (χ0) is 21.7. The summed E-state index contributed by atoms with van der Waals surface area (Å²) in [4.78, 5) is 35.0. The van der Waals surface area contributed by atoms with Crippen LogP contribution in [0.2, 0.25) is 0 Å². The highest BCUT2D eigenvalue weighted by molar-refractivity contribution is 7.98. The molecule has 9 heteroatoms. The summed E-state index contributed by atoms with van der Waals surface area (Å²) < 4.78 is 23.8. The molecule has 0 bridgehead atoms. The Hall–Kier alpha value is -3.20. The highest BCUT2D eigenvalue weighted by Crippen LogP contribution is 2.25. The van der Waals surface area contributed by atoms with Crippen LogP contribution < -0.4 is 0 Å². The van der Waals surface area contributed by atoms with Crippen LogP contribution in [0.5, 0.6) is 0 Å². The average molecular weight is 429 g/mol. The number of aryl methyl sites for hydroxylation is 1. The lowest BCUT2D eigenvalue weighted by Gasteiger charge is -2.17. The Kier molecular flexibility index (Phi) is 6.83. The molecule has 2 aromatic heterocycles. The number of likely N-dealkylation sites (N-methyl/N-ethyl adjacent to an activating group) is 1. The first kappa shape index (κ1) is 21.5. The van der Waals surface area contributed by atoms with Gasteiger partial charge < -0.3 is 14.1 Å². The summed E-state index contributed by atoms with van der Waals surface area (Å²) in [7, 11) is 1.56. The van der Waals surface area contributed by atoms with Crippen molar-refractivity contribution in [2.45, 2.75) is 18.5 Å². The topological polar surface area (TPSA) is 85.5 Å². The number of thioether (sulfide) groups is 1. The SMILES string of the molecule is CSc1nc(-c2ccco2)nc(C)c1C(=O)OCC(=O)N(C)Cc1cccc(F)c1. The first-order valence-corrected chi connectivity index (χ1v) is 10.2. The van der Waals surface area contributed by atoms with Crippen molar-refractivity contribution in [1.29, 1.82) is 0 Å². The molecule has 0 atom stereocenters. The number of carbonyl (C=O) groups excluding carboxylic acids is 2. The Balaban J connectivity index is 1.67. The van der Waals surface area contributed by atoms with E-state index in [1.807, 2.05) is 0 Å². The van der Waals surface area contributed by atoms with Crippen LogP contribution in [0.1, 0.15) is 21.6 Å². The van der Waals surface area contributed by atoms with Gasteiger partial charge in [-0.2, -0.15) is 0 Å². The van der Waals surface area contributed by atoms with Crippen molar-refractivity contribution in [1.82, 2.24) is 14.9 Å². The van der Waals surface area contributed by atoms with Gasteiger partial charge in [-0.05, 0) is 43.0 Å². The number of hydrogen-bond acceptors (Lipinski definition) is 7. The van der Waals surface area contributed by atoms with Gasteiger partial charge in [-0.15, -0.1) is 11.8 Å². The first-order valence-electron chi connectivity index (χ1n) is 9.01. The maximum absolute atomic E-state index is 13.3. The lowest BCUT2D eigenvalue weighted by Crippen LogP contribution is -2.31. The number of esters is 1. The van der Waals surface area contributed by atoms with Crippen molar-refractivity contribution in [3.05, 3.63) is 65.3 Å². The van der Waals surface area contributed by atoms with Gasteiger partial charge in [0.1, 0.15) is 16.4 Å². The Morgan fingerprint density at radius 2 is 2.03 bits per heavy atom. The van der Waals surface area contributed by atoms with E-state index in [1.165, 1.54) is 35.1 Å². The van der Waals surface area contributed by atoms with E-state index in [-0.39, 0.29) is 17.9 Å². The van der Waals surface area contributed by atoms with Gasteiger partial charge >= 0.3 is 5.97 Å². The summed E-state index contributed by atoms with van der Waals surface area (Å²) in [5, 5.41) is 0.430. The molecule has 1 amide bonds. The van der Waals surface area contributed by atoms with Crippen molar-refractivity contribution in [2.75, 3.05) is 19.9 Å². The molecule has 0 aliphatic carbocycles. The fourth-order valence-electron chi connectivity index (χ4n) is 2.75. The number of amides is 1. The number of hydrogen-bond donors (Lipinski definition) is 0. The molecule has 3 rings (SSSR count). The number of nitrogens with zero attached hydrogens (tertiary/aromatic N) is 3. The van der Waals surface area contributed by atoms with Crippen molar-refractivity contribution < 1.29 is 23.1 Å². The molecule has 0 N–H and O–H groups in total. The summed E-state index contributed by atoms with van der Waals surface area (Å²) in [6.07, 6.45) is 3.29. The van der Waals surface area contributed by atoms with Crippen LogP contribution in [0.3, 0.4) is 0 Å². The van der Waals surface area contributed by atoms with Gasteiger partial charge in [0, 0.05) is 13.6 Å². The highest BCUT2D eigenvalue weighted by Gasteiger charge is 2.22. The molecule has 30 heavy (non-hydrogen) atoms. The monoisotopic (exact) mass is 429 g/mol. The van der Waals surface area contributed by atoms with Gasteiger partial charge in [0.15, 0.2) is 18.2 Å². The van der Waals surface area contributed by atoms with Gasteiger partial charge in [-0.1, -0.05) is 12.1 Å². The molecule has 0 unspecified atom stereocenters. The van der Waals surface area contributed by atoms with Crippen molar-refractivity contribution >= 4 is 23.6 Å². The minimum absolute atomic E-state index is 0.199. The Labute approximate surface area is 177 Å².